The number of hydrogen-bond donors (Lipinski definition) is 0. The number of rotatable bonds is 0. The van der Waals surface area contributed by atoms with E-state index >= 15 is 0 Å². The molecule has 0 radical (unpaired) electrons. The van der Waals surface area contributed by atoms with E-state index in [0.29, 0.717) is 11.8 Å². The summed E-state index contributed by atoms with van der Waals surface area (Å²) in [6.07, 6.45) is 6.35. The molecule has 5 rings (SSSR count). The maximum absolute atomic E-state index is 12.9. The van der Waals surface area contributed by atoms with Gasteiger partial charge in [-0.1, -0.05) is 82.8 Å². The first-order chi connectivity index (χ1) is 11.0. The number of hydrogen-bond acceptors (Lipinski definition) is 2. The first-order valence-corrected chi connectivity index (χ1v) is 11.8. The minimum atomic E-state index is -0.431. The van der Waals surface area contributed by atoms with Gasteiger partial charge in [-0.3, -0.25) is 4.79 Å². The Kier molecular flexibility index (Phi) is 3.29. The fourth-order valence-electron chi connectivity index (χ4n) is 6.49. The van der Waals surface area contributed by atoms with Gasteiger partial charge < -0.3 is 4.74 Å². The third-order valence-electron chi connectivity index (χ3n) is 8.12. The van der Waals surface area contributed by atoms with E-state index in [1.165, 1.54) is 12.0 Å². The minimum absolute atomic E-state index is 0.0158. The van der Waals surface area contributed by atoms with Crippen LogP contribution in [0.3, 0.4) is 0 Å². The van der Waals surface area contributed by atoms with Crippen LogP contribution in [0.25, 0.3) is 0 Å². The molecule has 0 aromatic rings. The standard InChI is InChI=1S/C18H20Br4O2/c1-9-3-4-10-11(9)12-14(2,5-6-15(10)7-17(15,19)20)16(13(23)24-12)8-18(16,21)22/h10-12H,1,3-8H2,2H3/t10-,11+,12-,14-,15+,16-/m1/s1. The Labute approximate surface area is 176 Å². The highest BCUT2D eigenvalue weighted by Crippen LogP contribution is 2.84. The van der Waals surface area contributed by atoms with Crippen LogP contribution in [0.1, 0.15) is 45.4 Å². The quantitative estimate of drug-likeness (QED) is 0.196. The van der Waals surface area contributed by atoms with Crippen LogP contribution >= 0.6 is 63.7 Å². The maximum Gasteiger partial charge on any atom is 0.315 e. The highest BCUT2D eigenvalue weighted by atomic mass is 79.9. The molecule has 0 aromatic carbocycles. The lowest BCUT2D eigenvalue weighted by atomic mass is 9.66. The normalized spacial score (nSPS) is 56.0. The third-order valence-corrected chi connectivity index (χ3v) is 12.2. The molecule has 1 aliphatic heterocycles. The lowest BCUT2D eigenvalue weighted by Crippen LogP contribution is -2.41. The third kappa shape index (κ3) is 1.68. The van der Waals surface area contributed by atoms with Crippen molar-refractivity contribution in [1.29, 1.82) is 0 Å². The summed E-state index contributed by atoms with van der Waals surface area (Å²) >= 11 is 15.4. The van der Waals surface area contributed by atoms with Crippen molar-refractivity contribution in [1.82, 2.24) is 0 Å². The number of ether oxygens (including phenoxy) is 1. The molecule has 0 aromatic heterocycles. The molecule has 132 valence electrons. The molecule has 6 heteroatoms. The zero-order valence-electron chi connectivity index (χ0n) is 13.5. The molecule has 0 amide bonds. The molecule has 5 aliphatic rings. The van der Waals surface area contributed by atoms with Crippen LogP contribution in [0.2, 0.25) is 0 Å². The molecule has 4 saturated carbocycles. The van der Waals surface area contributed by atoms with E-state index < -0.39 is 5.41 Å². The van der Waals surface area contributed by atoms with Crippen molar-refractivity contribution >= 4 is 69.7 Å². The second-order valence-electron chi connectivity index (χ2n) is 8.90. The predicted octanol–water partition coefficient (Wildman–Crippen LogP) is 6.05. The van der Waals surface area contributed by atoms with E-state index in [1.807, 2.05) is 0 Å². The van der Waals surface area contributed by atoms with Gasteiger partial charge >= 0.3 is 5.97 Å². The highest BCUT2D eigenvalue weighted by molar-refractivity contribution is 9.26. The summed E-state index contributed by atoms with van der Waals surface area (Å²) in [6.45, 7) is 6.69. The van der Waals surface area contributed by atoms with Crippen LogP contribution in [0.4, 0.5) is 0 Å². The van der Waals surface area contributed by atoms with Gasteiger partial charge in [0.25, 0.3) is 0 Å². The SMILES string of the molecule is C=C1CC[C@@H]2[C@H]1[C@H]1OC(=O)[C@]3(CC3(Br)Br)[C@]1(C)CC[C@]21CC1(Br)Br. The zero-order chi connectivity index (χ0) is 17.3. The van der Waals surface area contributed by atoms with Crippen molar-refractivity contribution in [2.45, 2.75) is 58.0 Å². The molecule has 2 spiro atoms. The predicted molar refractivity (Wildman–Crippen MR) is 108 cm³/mol. The van der Waals surface area contributed by atoms with Gasteiger partial charge in [0, 0.05) is 16.7 Å². The Morgan fingerprint density at radius 1 is 1.12 bits per heavy atom. The van der Waals surface area contributed by atoms with Crippen molar-refractivity contribution in [3.63, 3.8) is 0 Å². The fraction of sp³-hybridized carbons (Fsp3) is 0.833. The van der Waals surface area contributed by atoms with E-state index in [4.69, 9.17) is 4.74 Å². The van der Waals surface area contributed by atoms with E-state index in [-0.39, 0.29) is 29.4 Å². The average molecular weight is 588 g/mol. The summed E-state index contributed by atoms with van der Waals surface area (Å²) in [5.41, 5.74) is 0.990. The van der Waals surface area contributed by atoms with E-state index in [9.17, 15) is 4.79 Å². The second-order valence-corrected chi connectivity index (χ2v) is 16.4. The molecule has 1 saturated heterocycles. The lowest BCUT2D eigenvalue weighted by Gasteiger charge is -2.36. The van der Waals surface area contributed by atoms with E-state index in [1.54, 1.807) is 0 Å². The minimum Gasteiger partial charge on any atom is -0.461 e. The molecule has 1 heterocycles. The van der Waals surface area contributed by atoms with Crippen molar-refractivity contribution in [2.24, 2.45) is 28.1 Å². The number of esters is 1. The van der Waals surface area contributed by atoms with Crippen LogP contribution in [0.15, 0.2) is 12.2 Å². The molecule has 5 fully saturated rings. The lowest BCUT2D eigenvalue weighted by molar-refractivity contribution is -0.147. The topological polar surface area (TPSA) is 26.3 Å². The summed E-state index contributed by atoms with van der Waals surface area (Å²) in [5.74, 6) is 0.837. The summed E-state index contributed by atoms with van der Waals surface area (Å²) in [6, 6.07) is 0. The van der Waals surface area contributed by atoms with Gasteiger partial charge in [-0.25, -0.2) is 0 Å². The molecule has 0 N–H and O–H groups in total. The van der Waals surface area contributed by atoms with E-state index in [2.05, 4.69) is 77.2 Å². The van der Waals surface area contributed by atoms with Crippen LogP contribution in [-0.4, -0.2) is 18.5 Å². The molecule has 0 unspecified atom stereocenters. The largest absolute Gasteiger partial charge is 0.461 e. The summed E-state index contributed by atoms with van der Waals surface area (Å²) < 4.78 is 5.90. The molecular weight excluding hydrogens is 568 g/mol. The zero-order valence-corrected chi connectivity index (χ0v) is 19.9. The first kappa shape index (κ1) is 17.2. The van der Waals surface area contributed by atoms with Gasteiger partial charge in [0.1, 0.15) is 11.5 Å². The number of alkyl halides is 4. The smallest absolute Gasteiger partial charge is 0.315 e. The average Bonchev–Trinajstić information content (AvgIpc) is 3.15. The van der Waals surface area contributed by atoms with Crippen LogP contribution < -0.4 is 0 Å². The van der Waals surface area contributed by atoms with Crippen LogP contribution in [0.5, 0.6) is 0 Å². The highest BCUT2D eigenvalue weighted by Gasteiger charge is 2.86. The molecule has 2 nitrogen and oxygen atoms in total. The van der Waals surface area contributed by atoms with Crippen LogP contribution in [0, 0.1) is 28.1 Å². The molecule has 4 aliphatic carbocycles. The Balaban J connectivity index is 1.64. The molecule has 24 heavy (non-hydrogen) atoms. The van der Waals surface area contributed by atoms with Gasteiger partial charge in [0.15, 0.2) is 0 Å². The van der Waals surface area contributed by atoms with Gasteiger partial charge in [-0.2, -0.15) is 0 Å². The fourth-order valence-corrected chi connectivity index (χ4v) is 10.5. The monoisotopic (exact) mass is 584 g/mol. The molecule has 6 atom stereocenters. The van der Waals surface area contributed by atoms with Gasteiger partial charge in [0.2, 0.25) is 0 Å². The Hall–Kier alpha value is 1.13. The van der Waals surface area contributed by atoms with Crippen molar-refractivity contribution in [3.05, 3.63) is 12.2 Å². The first-order valence-electron chi connectivity index (χ1n) is 8.67. The Bertz CT molecular complexity index is 689. The Morgan fingerprint density at radius 2 is 1.75 bits per heavy atom. The van der Waals surface area contributed by atoms with Crippen molar-refractivity contribution in [3.8, 4) is 0 Å². The van der Waals surface area contributed by atoms with Gasteiger partial charge in [-0.05, 0) is 44.4 Å². The summed E-state index contributed by atoms with van der Waals surface area (Å²) in [5, 5.41) is 0. The van der Waals surface area contributed by atoms with Gasteiger partial charge in [0.05, 0.1) is 6.47 Å². The number of carbonyl (C=O) groups excluding carboxylic acids is 1. The van der Waals surface area contributed by atoms with Gasteiger partial charge in [-0.15, -0.1) is 0 Å². The maximum atomic E-state index is 12.9. The second kappa shape index (κ2) is 4.57. The molecular formula is C18H20Br4O2. The summed E-state index contributed by atoms with van der Waals surface area (Å²) in [7, 11) is 0. The van der Waals surface area contributed by atoms with Crippen molar-refractivity contribution in [2.75, 3.05) is 0 Å². The molecule has 0 bridgehead atoms. The van der Waals surface area contributed by atoms with Crippen molar-refractivity contribution < 1.29 is 9.53 Å². The van der Waals surface area contributed by atoms with Crippen LogP contribution in [-0.2, 0) is 9.53 Å². The number of halogens is 4. The summed E-state index contributed by atoms with van der Waals surface area (Å²) in [4.78, 5) is 12.9. The number of carbonyl (C=O) groups is 1. The Morgan fingerprint density at radius 3 is 2.29 bits per heavy atom. The number of fused-ring (bicyclic) bond motifs is 5. The van der Waals surface area contributed by atoms with E-state index in [0.717, 1.165) is 32.1 Å².